The van der Waals surface area contributed by atoms with E-state index in [1.807, 2.05) is 32.0 Å². The van der Waals surface area contributed by atoms with Crippen molar-refractivity contribution in [3.05, 3.63) is 34.9 Å². The summed E-state index contributed by atoms with van der Waals surface area (Å²) in [4.78, 5) is 44.7. The zero-order chi connectivity index (χ0) is 33.5. The number of carbonyl (C=O) groups excluding carboxylic acids is 2. The molecule has 1 atom stereocenters. The number of aliphatic carboxylic acids is 1. The van der Waals surface area contributed by atoms with E-state index in [4.69, 9.17) is 14.6 Å². The Labute approximate surface area is 271 Å². The second kappa shape index (κ2) is 15.8. The average molecular weight is 653 g/mol. The van der Waals surface area contributed by atoms with Crippen molar-refractivity contribution in [3.63, 3.8) is 0 Å². The highest BCUT2D eigenvalue weighted by atomic mass is 19.4. The minimum atomic E-state index is -5.08. The summed E-state index contributed by atoms with van der Waals surface area (Å²) in [5.41, 5.74) is 2.68. The van der Waals surface area contributed by atoms with Crippen LogP contribution in [0.15, 0.2) is 18.2 Å². The van der Waals surface area contributed by atoms with E-state index in [0.717, 1.165) is 114 Å². The third-order valence-electron chi connectivity index (χ3n) is 10.3. The number of piperidine rings is 3. The summed E-state index contributed by atoms with van der Waals surface area (Å²) >= 11 is 0. The molecule has 5 rings (SSSR count). The SMILES string of the molecule is CCCCC1N(CCN2CCCCC2)C(=O)OC12CCN(C1CCN(C(=O)c3c(C)cccc3C)CC1)CC2.O=C(O)C(F)(F)F. The summed E-state index contributed by atoms with van der Waals surface area (Å²) in [5.74, 6) is -2.57. The molecule has 1 aromatic rings. The highest BCUT2D eigenvalue weighted by Gasteiger charge is 2.54. The van der Waals surface area contributed by atoms with E-state index in [-0.39, 0.29) is 23.6 Å². The number of hydrogen-bond donors (Lipinski definition) is 1. The number of alkyl halides is 3. The van der Waals surface area contributed by atoms with Gasteiger partial charge in [0.2, 0.25) is 0 Å². The molecule has 258 valence electrons. The maximum Gasteiger partial charge on any atom is 0.490 e. The van der Waals surface area contributed by atoms with Crippen molar-refractivity contribution in [3.8, 4) is 0 Å². The fourth-order valence-electron chi connectivity index (χ4n) is 7.65. The predicted octanol–water partition coefficient (Wildman–Crippen LogP) is 5.87. The molecule has 46 heavy (non-hydrogen) atoms. The lowest BCUT2D eigenvalue weighted by atomic mass is 9.81. The van der Waals surface area contributed by atoms with Crippen molar-refractivity contribution in [2.45, 2.75) is 109 Å². The van der Waals surface area contributed by atoms with Crippen molar-refractivity contribution in [1.29, 1.82) is 0 Å². The van der Waals surface area contributed by atoms with Gasteiger partial charge < -0.3 is 19.6 Å². The van der Waals surface area contributed by atoms with Gasteiger partial charge in [-0.15, -0.1) is 0 Å². The summed E-state index contributed by atoms with van der Waals surface area (Å²) < 4.78 is 38.0. The number of carboxylic acids is 1. The van der Waals surface area contributed by atoms with Crippen LogP contribution in [0.25, 0.3) is 0 Å². The third-order valence-corrected chi connectivity index (χ3v) is 10.3. The lowest BCUT2D eigenvalue weighted by molar-refractivity contribution is -0.192. The quantitative estimate of drug-likeness (QED) is 0.376. The number of ether oxygens (including phenoxy) is 1. The first kappa shape index (κ1) is 36.0. The van der Waals surface area contributed by atoms with Crippen molar-refractivity contribution in [2.24, 2.45) is 0 Å². The molecule has 4 fully saturated rings. The molecule has 1 spiro atoms. The molecule has 4 heterocycles. The van der Waals surface area contributed by atoms with Crippen LogP contribution >= 0.6 is 0 Å². The Morgan fingerprint density at radius 2 is 1.54 bits per heavy atom. The first-order chi connectivity index (χ1) is 21.9. The Balaban J connectivity index is 0.000000617. The first-order valence-corrected chi connectivity index (χ1v) is 17.0. The molecule has 1 aromatic carbocycles. The number of halogens is 3. The van der Waals surface area contributed by atoms with Gasteiger partial charge in [-0.1, -0.05) is 44.4 Å². The van der Waals surface area contributed by atoms with Crippen molar-refractivity contribution < 1.29 is 37.4 Å². The van der Waals surface area contributed by atoms with Crippen LogP contribution in [0, 0.1) is 13.8 Å². The maximum atomic E-state index is 13.3. The Kier molecular flexibility index (Phi) is 12.4. The van der Waals surface area contributed by atoms with Gasteiger partial charge in [0.25, 0.3) is 5.91 Å². The van der Waals surface area contributed by atoms with Gasteiger partial charge in [0.15, 0.2) is 0 Å². The molecule has 0 radical (unpaired) electrons. The van der Waals surface area contributed by atoms with Crippen LogP contribution in [-0.2, 0) is 9.53 Å². The van der Waals surface area contributed by atoms with E-state index >= 15 is 0 Å². The number of likely N-dealkylation sites (tertiary alicyclic amines) is 3. The molecule has 12 heteroatoms. The summed E-state index contributed by atoms with van der Waals surface area (Å²) in [6, 6.07) is 6.81. The van der Waals surface area contributed by atoms with E-state index in [2.05, 4.69) is 26.5 Å². The summed E-state index contributed by atoms with van der Waals surface area (Å²) in [6.45, 7) is 14.0. The molecule has 4 saturated heterocycles. The topological polar surface area (TPSA) is 93.6 Å². The minimum absolute atomic E-state index is 0.0834. The van der Waals surface area contributed by atoms with Gasteiger partial charge in [-0.2, -0.15) is 13.2 Å². The van der Waals surface area contributed by atoms with E-state index in [1.165, 1.54) is 19.3 Å². The standard InChI is InChI=1S/C32H50N4O3.C2HF3O2/c1-4-5-12-28-32(39-31(38)36(28)24-23-33-17-7-6-8-18-33)15-21-34(22-16-32)27-13-19-35(20-14-27)30(37)29-25(2)10-9-11-26(29)3;3-2(4,5)1(6)7/h9-11,27-28H,4-8,12-24H2,1-3H3;(H,6,7). The summed E-state index contributed by atoms with van der Waals surface area (Å²) in [5, 5.41) is 7.12. The van der Waals surface area contributed by atoms with Crippen LogP contribution in [-0.4, -0.2) is 119 Å². The maximum absolute atomic E-state index is 13.3. The number of rotatable bonds is 8. The first-order valence-electron chi connectivity index (χ1n) is 17.0. The number of benzene rings is 1. The normalized spacial score (nSPS) is 22.8. The number of amides is 2. The lowest BCUT2D eigenvalue weighted by Crippen LogP contribution is -2.56. The van der Waals surface area contributed by atoms with Crippen LogP contribution in [0.1, 0.15) is 92.6 Å². The summed E-state index contributed by atoms with van der Waals surface area (Å²) in [7, 11) is 0. The van der Waals surface area contributed by atoms with Crippen LogP contribution in [0.3, 0.4) is 0 Å². The van der Waals surface area contributed by atoms with Gasteiger partial charge in [-0.25, -0.2) is 9.59 Å². The molecule has 0 bridgehead atoms. The average Bonchev–Trinajstić information content (AvgIpc) is 3.28. The zero-order valence-corrected chi connectivity index (χ0v) is 27.6. The van der Waals surface area contributed by atoms with E-state index in [1.54, 1.807) is 0 Å². The Morgan fingerprint density at radius 3 is 2.09 bits per heavy atom. The van der Waals surface area contributed by atoms with E-state index in [9.17, 15) is 22.8 Å². The molecule has 4 aliphatic rings. The smallest absolute Gasteiger partial charge is 0.475 e. The monoisotopic (exact) mass is 652 g/mol. The third kappa shape index (κ3) is 8.73. The van der Waals surface area contributed by atoms with Gasteiger partial charge in [0.05, 0.1) is 6.04 Å². The van der Waals surface area contributed by atoms with E-state index < -0.39 is 12.1 Å². The highest BCUT2D eigenvalue weighted by Crippen LogP contribution is 2.42. The molecular formula is C34H51F3N4O5. The molecule has 2 amide bonds. The molecule has 9 nitrogen and oxygen atoms in total. The molecule has 0 saturated carbocycles. The Morgan fingerprint density at radius 1 is 0.957 bits per heavy atom. The van der Waals surface area contributed by atoms with Crippen LogP contribution in [0.4, 0.5) is 18.0 Å². The Hall–Kier alpha value is -2.86. The van der Waals surface area contributed by atoms with Gasteiger partial charge in [0.1, 0.15) is 5.60 Å². The van der Waals surface area contributed by atoms with Crippen LogP contribution in [0.2, 0.25) is 0 Å². The van der Waals surface area contributed by atoms with Crippen LogP contribution in [0.5, 0.6) is 0 Å². The predicted molar refractivity (Wildman–Crippen MR) is 169 cm³/mol. The number of nitrogens with zero attached hydrogens (tertiary/aromatic N) is 4. The van der Waals surface area contributed by atoms with E-state index in [0.29, 0.717) is 6.04 Å². The number of carbonyl (C=O) groups is 3. The minimum Gasteiger partial charge on any atom is -0.475 e. The van der Waals surface area contributed by atoms with Gasteiger partial charge in [0, 0.05) is 63.7 Å². The van der Waals surface area contributed by atoms with Crippen molar-refractivity contribution in [2.75, 3.05) is 52.4 Å². The van der Waals surface area contributed by atoms with Crippen molar-refractivity contribution >= 4 is 18.0 Å². The second-order valence-corrected chi connectivity index (χ2v) is 13.3. The fraction of sp³-hybridized carbons (Fsp3) is 0.735. The number of hydrogen-bond acceptors (Lipinski definition) is 6. The molecule has 0 aliphatic carbocycles. The zero-order valence-electron chi connectivity index (χ0n) is 27.6. The van der Waals surface area contributed by atoms with Gasteiger partial charge >= 0.3 is 18.2 Å². The molecule has 0 aromatic heterocycles. The summed E-state index contributed by atoms with van der Waals surface area (Å²) in [6.07, 6.45) is 5.94. The van der Waals surface area contributed by atoms with Gasteiger partial charge in [-0.3, -0.25) is 14.6 Å². The lowest BCUT2D eigenvalue weighted by Gasteiger charge is -2.46. The number of unbranched alkanes of at least 4 members (excludes halogenated alkanes) is 1. The largest absolute Gasteiger partial charge is 0.490 e. The second-order valence-electron chi connectivity index (χ2n) is 13.3. The number of carboxylic acid groups (broad SMARTS) is 1. The highest BCUT2D eigenvalue weighted by molar-refractivity contribution is 5.97. The fourth-order valence-corrected chi connectivity index (χ4v) is 7.65. The van der Waals surface area contributed by atoms with Crippen LogP contribution < -0.4 is 0 Å². The number of aryl methyl sites for hydroxylation is 2. The van der Waals surface area contributed by atoms with Gasteiger partial charge in [-0.05, 0) is 70.2 Å². The Bertz CT molecular complexity index is 1170. The van der Waals surface area contributed by atoms with Crippen molar-refractivity contribution in [1.82, 2.24) is 19.6 Å². The molecule has 4 aliphatic heterocycles. The molecule has 1 N–H and O–H groups in total. The molecule has 1 unspecified atom stereocenters. The molecular weight excluding hydrogens is 601 g/mol.